The number of aromatic hydroxyl groups is 1. The van der Waals surface area contributed by atoms with Crippen molar-refractivity contribution in [3.8, 4) is 5.88 Å². The molecule has 1 atom stereocenters. The maximum atomic E-state index is 10.1. The van der Waals surface area contributed by atoms with Crippen LogP contribution in [0.5, 0.6) is 5.88 Å². The monoisotopic (exact) mass is 347 g/mol. The van der Waals surface area contributed by atoms with Gasteiger partial charge in [0, 0.05) is 0 Å². The summed E-state index contributed by atoms with van der Waals surface area (Å²) in [4.78, 5) is 15.4. The lowest BCUT2D eigenvalue weighted by Crippen LogP contribution is -2.15. The Balaban J connectivity index is 1.61. The van der Waals surface area contributed by atoms with Crippen LogP contribution in [0.4, 0.5) is 11.6 Å². The van der Waals surface area contributed by atoms with Gasteiger partial charge in [0.15, 0.2) is 0 Å². The minimum absolute atomic E-state index is 0.100. The molecule has 7 heteroatoms. The summed E-state index contributed by atoms with van der Waals surface area (Å²) in [5.41, 5.74) is 2.19. The van der Waals surface area contributed by atoms with Crippen LogP contribution in [0, 0.1) is 0 Å². The number of aliphatic hydroxyl groups is 1. The summed E-state index contributed by atoms with van der Waals surface area (Å²) in [5.74, 6) is 0.261. The molecule has 4 rings (SSSR count). The Bertz CT molecular complexity index is 1070. The van der Waals surface area contributed by atoms with E-state index in [1.165, 1.54) is 6.34 Å². The van der Waals surface area contributed by atoms with E-state index in [2.05, 4.69) is 25.3 Å². The van der Waals surface area contributed by atoms with Crippen molar-refractivity contribution in [3.63, 3.8) is 0 Å². The van der Waals surface area contributed by atoms with Crippen molar-refractivity contribution < 1.29 is 10.2 Å². The molecule has 0 saturated heterocycles. The Morgan fingerprint density at radius 1 is 1.15 bits per heavy atom. The van der Waals surface area contributed by atoms with Crippen molar-refractivity contribution in [3.05, 3.63) is 70.4 Å². The molecule has 0 spiro atoms. The van der Waals surface area contributed by atoms with E-state index in [1.807, 2.05) is 48.5 Å². The van der Waals surface area contributed by atoms with Gasteiger partial charge in [0.25, 0.3) is 0 Å². The van der Waals surface area contributed by atoms with Gasteiger partial charge in [0.1, 0.15) is 12.0 Å². The largest absolute Gasteiger partial charge is 0.492 e. The van der Waals surface area contributed by atoms with Crippen LogP contribution in [0.15, 0.2) is 58.5 Å². The predicted octanol–water partition coefficient (Wildman–Crippen LogP) is 1.38. The lowest BCUT2D eigenvalue weighted by molar-refractivity contribution is 0.276. The number of fused-ring (bicyclic) bond motifs is 1. The number of hydrogen-bond acceptors (Lipinski definition) is 6. The molecule has 0 radical (unpaired) electrons. The van der Waals surface area contributed by atoms with Gasteiger partial charge in [-0.2, -0.15) is 4.98 Å². The summed E-state index contributed by atoms with van der Waals surface area (Å²) in [6.45, 7) is -0.100. The van der Waals surface area contributed by atoms with Crippen LogP contribution in [-0.4, -0.2) is 33.1 Å². The van der Waals surface area contributed by atoms with Crippen molar-refractivity contribution in [1.82, 2.24) is 9.97 Å². The van der Waals surface area contributed by atoms with Gasteiger partial charge in [0.2, 0.25) is 11.8 Å². The molecule has 1 aromatic heterocycles. The van der Waals surface area contributed by atoms with Crippen molar-refractivity contribution in [1.29, 1.82) is 0 Å². The molecule has 0 amide bonds. The number of benzene rings is 2. The third-order valence-electron chi connectivity index (χ3n) is 4.11. The average molecular weight is 347 g/mol. The molecule has 130 valence electrons. The molecule has 0 bridgehead atoms. The summed E-state index contributed by atoms with van der Waals surface area (Å²) in [6.07, 6.45) is 3.29. The fraction of sp³-hybridized carbons (Fsp3) is 0.105. The SMILES string of the molecule is OC[C@H](Nc1nc(O)c(/C=c2\ccc3c(c2)N=CN=3)[nH]1)c1ccccc1. The first-order valence-corrected chi connectivity index (χ1v) is 8.16. The van der Waals surface area contributed by atoms with E-state index < -0.39 is 0 Å². The number of H-pyrrole nitrogens is 1. The molecular weight excluding hydrogens is 330 g/mol. The summed E-state index contributed by atoms with van der Waals surface area (Å²) in [7, 11) is 0. The van der Waals surface area contributed by atoms with Crippen molar-refractivity contribution in [2.24, 2.45) is 9.98 Å². The lowest BCUT2D eigenvalue weighted by Gasteiger charge is -2.15. The van der Waals surface area contributed by atoms with Gasteiger partial charge in [-0.25, -0.2) is 9.98 Å². The second kappa shape index (κ2) is 6.81. The summed E-state index contributed by atoms with van der Waals surface area (Å²) >= 11 is 0. The van der Waals surface area contributed by atoms with Crippen molar-refractivity contribution >= 4 is 24.1 Å². The summed E-state index contributed by atoms with van der Waals surface area (Å²) < 4.78 is 0. The molecule has 0 unspecified atom stereocenters. The van der Waals surface area contributed by atoms with Crippen LogP contribution in [0.2, 0.25) is 0 Å². The van der Waals surface area contributed by atoms with E-state index in [0.717, 1.165) is 21.8 Å². The molecule has 7 nitrogen and oxygen atoms in total. The van der Waals surface area contributed by atoms with Crippen LogP contribution >= 0.6 is 0 Å². The summed E-state index contributed by atoms with van der Waals surface area (Å²) in [6, 6.07) is 14.9. The molecule has 2 aromatic carbocycles. The van der Waals surface area contributed by atoms with E-state index in [-0.39, 0.29) is 18.5 Å². The highest BCUT2D eigenvalue weighted by Crippen LogP contribution is 2.22. The predicted molar refractivity (Wildman–Crippen MR) is 99.1 cm³/mol. The number of hydrogen-bond donors (Lipinski definition) is 4. The molecule has 2 heterocycles. The zero-order chi connectivity index (χ0) is 17.9. The lowest BCUT2D eigenvalue weighted by atomic mass is 10.1. The minimum atomic E-state index is -0.328. The third-order valence-corrected chi connectivity index (χ3v) is 4.11. The number of aromatic amines is 1. The number of imidazole rings is 1. The van der Waals surface area contributed by atoms with Crippen LogP contribution in [0.1, 0.15) is 17.3 Å². The van der Waals surface area contributed by atoms with E-state index >= 15 is 0 Å². The fourth-order valence-corrected chi connectivity index (χ4v) is 2.79. The van der Waals surface area contributed by atoms with E-state index in [0.29, 0.717) is 11.6 Å². The average Bonchev–Trinajstić information content (AvgIpc) is 3.26. The molecule has 0 aliphatic carbocycles. The summed E-state index contributed by atoms with van der Waals surface area (Å²) in [5, 5.41) is 24.6. The molecule has 0 saturated carbocycles. The Morgan fingerprint density at radius 3 is 2.81 bits per heavy atom. The quantitative estimate of drug-likeness (QED) is 0.559. The van der Waals surface area contributed by atoms with Crippen LogP contribution < -0.4 is 15.9 Å². The Morgan fingerprint density at radius 2 is 2.00 bits per heavy atom. The fourth-order valence-electron chi connectivity index (χ4n) is 2.79. The van der Waals surface area contributed by atoms with E-state index in [4.69, 9.17) is 0 Å². The maximum absolute atomic E-state index is 10.1. The number of rotatable bonds is 5. The minimum Gasteiger partial charge on any atom is -0.492 e. The number of aromatic nitrogens is 2. The highest BCUT2D eigenvalue weighted by molar-refractivity contribution is 5.67. The highest BCUT2D eigenvalue weighted by atomic mass is 16.3. The van der Waals surface area contributed by atoms with Gasteiger partial charge in [-0.3, -0.25) is 0 Å². The van der Waals surface area contributed by atoms with Gasteiger partial charge in [0.05, 0.1) is 23.7 Å². The Hall–Kier alpha value is -3.45. The number of aliphatic imine (C=N–C) groups is 1. The van der Waals surface area contributed by atoms with Gasteiger partial charge in [-0.1, -0.05) is 36.4 Å². The molecular formula is C19H17N5O2. The third kappa shape index (κ3) is 3.20. The second-order valence-corrected chi connectivity index (χ2v) is 5.88. The molecule has 4 N–H and O–H groups in total. The van der Waals surface area contributed by atoms with E-state index in [1.54, 1.807) is 6.08 Å². The molecule has 1 aliphatic rings. The number of nitrogens with zero attached hydrogens (tertiary/aromatic N) is 3. The van der Waals surface area contributed by atoms with Gasteiger partial charge >= 0.3 is 0 Å². The first-order valence-electron chi connectivity index (χ1n) is 8.16. The van der Waals surface area contributed by atoms with Crippen LogP contribution in [0.3, 0.4) is 0 Å². The van der Waals surface area contributed by atoms with Crippen molar-refractivity contribution in [2.45, 2.75) is 6.04 Å². The number of nitrogens with one attached hydrogen (secondary N) is 2. The van der Waals surface area contributed by atoms with Gasteiger partial charge in [-0.05, 0) is 29.0 Å². The first kappa shape index (κ1) is 16.0. The smallest absolute Gasteiger partial charge is 0.238 e. The molecule has 3 aromatic rings. The topological polar surface area (TPSA) is 106 Å². The van der Waals surface area contributed by atoms with Crippen LogP contribution in [-0.2, 0) is 0 Å². The normalized spacial score (nSPS) is 14.1. The number of anilines is 1. The second-order valence-electron chi connectivity index (χ2n) is 5.88. The molecule has 26 heavy (non-hydrogen) atoms. The Labute approximate surface area is 149 Å². The van der Waals surface area contributed by atoms with E-state index in [9.17, 15) is 10.2 Å². The highest BCUT2D eigenvalue weighted by Gasteiger charge is 2.13. The maximum Gasteiger partial charge on any atom is 0.238 e. The van der Waals surface area contributed by atoms with Crippen LogP contribution in [0.25, 0.3) is 6.08 Å². The number of aliphatic hydroxyl groups excluding tert-OH is 1. The molecule has 0 fully saturated rings. The van der Waals surface area contributed by atoms with Crippen molar-refractivity contribution in [2.75, 3.05) is 11.9 Å². The zero-order valence-electron chi connectivity index (χ0n) is 13.8. The zero-order valence-corrected chi connectivity index (χ0v) is 13.8. The van der Waals surface area contributed by atoms with Gasteiger partial charge in [-0.15, -0.1) is 0 Å². The first-order chi connectivity index (χ1) is 12.7. The molecule has 1 aliphatic heterocycles. The standard InChI is InChI=1S/C19H17N5O2/c25-10-17(13-4-2-1-3-5-13)23-19-22-16(18(26)24-19)9-12-6-7-14-15(8-12)21-11-20-14/h1-9,11,17,25-26H,10H2,(H2,22,23,24)/b12-9+/t17-/m0/s1. The Kier molecular flexibility index (Phi) is 4.20. The van der Waals surface area contributed by atoms with Gasteiger partial charge < -0.3 is 20.5 Å².